The van der Waals surface area contributed by atoms with Crippen molar-refractivity contribution in [1.82, 2.24) is 15.1 Å². The largest absolute Gasteiger partial charge is 0.355 e. The second kappa shape index (κ2) is 3.79. The fourth-order valence-electron chi connectivity index (χ4n) is 1.15. The summed E-state index contributed by atoms with van der Waals surface area (Å²) < 4.78 is 1.60. The summed E-state index contributed by atoms with van der Waals surface area (Å²) in [4.78, 5) is 11.3. The van der Waals surface area contributed by atoms with Crippen LogP contribution in [-0.4, -0.2) is 22.7 Å². The molecule has 1 aromatic heterocycles. The molecule has 13 heavy (non-hydrogen) atoms. The molecule has 72 valence electrons. The van der Waals surface area contributed by atoms with Crippen LogP contribution in [0.2, 0.25) is 5.15 Å². The van der Waals surface area contributed by atoms with Gasteiger partial charge in [-0.3, -0.25) is 9.48 Å². The molecule has 1 heterocycles. The smallest absolute Gasteiger partial charge is 0.256 e. The van der Waals surface area contributed by atoms with Gasteiger partial charge in [-0.05, 0) is 13.8 Å². The third kappa shape index (κ3) is 1.67. The molecule has 0 aliphatic heterocycles. The van der Waals surface area contributed by atoms with Crippen LogP contribution >= 0.6 is 11.6 Å². The quantitative estimate of drug-likeness (QED) is 0.782. The lowest BCUT2D eigenvalue weighted by molar-refractivity contribution is 0.0962. The molecule has 0 radical (unpaired) electrons. The number of carbonyl (C=O) groups excluding carboxylic acids is 1. The van der Waals surface area contributed by atoms with Crippen molar-refractivity contribution < 1.29 is 4.79 Å². The highest BCUT2D eigenvalue weighted by atomic mass is 35.5. The van der Waals surface area contributed by atoms with Gasteiger partial charge in [0.05, 0.1) is 11.3 Å². The average molecular weight is 202 g/mol. The van der Waals surface area contributed by atoms with Gasteiger partial charge in [0.2, 0.25) is 0 Å². The van der Waals surface area contributed by atoms with Crippen molar-refractivity contribution in [3.8, 4) is 0 Å². The van der Waals surface area contributed by atoms with Crippen LogP contribution in [0.4, 0.5) is 0 Å². The van der Waals surface area contributed by atoms with Gasteiger partial charge in [-0.1, -0.05) is 11.6 Å². The van der Waals surface area contributed by atoms with Crippen molar-refractivity contribution in [3.63, 3.8) is 0 Å². The predicted octanol–water partition coefficient (Wildman–Crippen LogP) is 1.22. The van der Waals surface area contributed by atoms with E-state index >= 15 is 0 Å². The third-order valence-corrected chi connectivity index (χ3v) is 2.20. The van der Waals surface area contributed by atoms with Gasteiger partial charge < -0.3 is 5.32 Å². The number of aryl methyl sites for hydroxylation is 2. The zero-order chi connectivity index (χ0) is 10.0. The fourth-order valence-corrected chi connectivity index (χ4v) is 1.53. The summed E-state index contributed by atoms with van der Waals surface area (Å²) in [7, 11) is 1.57. The minimum atomic E-state index is -0.192. The summed E-state index contributed by atoms with van der Waals surface area (Å²) in [5.74, 6) is -0.192. The van der Waals surface area contributed by atoms with Crippen LogP contribution in [0.5, 0.6) is 0 Å². The van der Waals surface area contributed by atoms with E-state index in [4.69, 9.17) is 11.6 Å². The van der Waals surface area contributed by atoms with Gasteiger partial charge in [-0.2, -0.15) is 5.10 Å². The Morgan fingerprint density at radius 1 is 1.69 bits per heavy atom. The maximum atomic E-state index is 11.3. The van der Waals surface area contributed by atoms with Crippen molar-refractivity contribution in [3.05, 3.63) is 16.4 Å². The lowest BCUT2D eigenvalue weighted by Gasteiger charge is -1.98. The van der Waals surface area contributed by atoms with Crippen LogP contribution in [0.25, 0.3) is 0 Å². The van der Waals surface area contributed by atoms with Crippen molar-refractivity contribution >= 4 is 17.5 Å². The molecule has 1 rings (SSSR count). The van der Waals surface area contributed by atoms with Crippen LogP contribution in [0.1, 0.15) is 23.0 Å². The fraction of sp³-hybridized carbons (Fsp3) is 0.500. The zero-order valence-corrected chi connectivity index (χ0v) is 8.64. The Morgan fingerprint density at radius 3 is 2.69 bits per heavy atom. The SMILES string of the molecule is CCn1nc(C)c(C(=O)NC)c1Cl. The first-order valence-electron chi connectivity index (χ1n) is 4.06. The second-order valence-corrected chi connectivity index (χ2v) is 3.00. The highest BCUT2D eigenvalue weighted by Gasteiger charge is 2.17. The molecule has 0 aliphatic carbocycles. The van der Waals surface area contributed by atoms with Crippen LogP contribution < -0.4 is 5.32 Å². The first-order valence-corrected chi connectivity index (χ1v) is 4.44. The standard InChI is InChI=1S/C8H12ClN3O/c1-4-12-7(9)6(5(2)11-12)8(13)10-3/h4H2,1-3H3,(H,10,13). The number of aromatic nitrogens is 2. The highest BCUT2D eigenvalue weighted by Crippen LogP contribution is 2.19. The van der Waals surface area contributed by atoms with Gasteiger partial charge in [0.15, 0.2) is 0 Å². The molecule has 4 nitrogen and oxygen atoms in total. The molecule has 0 aliphatic rings. The van der Waals surface area contributed by atoms with E-state index in [9.17, 15) is 4.79 Å². The van der Waals surface area contributed by atoms with Crippen molar-refractivity contribution in [1.29, 1.82) is 0 Å². The Hall–Kier alpha value is -1.03. The summed E-state index contributed by atoms with van der Waals surface area (Å²) in [6.07, 6.45) is 0. The number of amides is 1. The molecule has 0 saturated carbocycles. The van der Waals surface area contributed by atoms with Gasteiger partial charge in [0, 0.05) is 13.6 Å². The van der Waals surface area contributed by atoms with Crippen molar-refractivity contribution in [2.45, 2.75) is 20.4 Å². The molecule has 5 heteroatoms. The van der Waals surface area contributed by atoms with E-state index in [1.807, 2.05) is 6.92 Å². The number of halogens is 1. The number of nitrogens with zero attached hydrogens (tertiary/aromatic N) is 2. The van der Waals surface area contributed by atoms with Crippen LogP contribution in [0, 0.1) is 6.92 Å². The number of nitrogens with one attached hydrogen (secondary N) is 1. The molecule has 0 saturated heterocycles. The summed E-state index contributed by atoms with van der Waals surface area (Å²) >= 11 is 5.94. The van der Waals surface area contributed by atoms with Crippen molar-refractivity contribution in [2.24, 2.45) is 0 Å². The average Bonchev–Trinajstić information content (AvgIpc) is 2.40. The minimum Gasteiger partial charge on any atom is -0.355 e. The first-order chi connectivity index (χ1) is 6.11. The predicted molar refractivity (Wildman–Crippen MR) is 51.0 cm³/mol. The lowest BCUT2D eigenvalue weighted by Crippen LogP contribution is -2.18. The normalized spacial score (nSPS) is 10.2. The van der Waals surface area contributed by atoms with Crippen LogP contribution in [-0.2, 0) is 6.54 Å². The topological polar surface area (TPSA) is 46.9 Å². The molecule has 0 fully saturated rings. The Morgan fingerprint density at radius 2 is 2.31 bits per heavy atom. The summed E-state index contributed by atoms with van der Waals surface area (Å²) in [5, 5.41) is 7.05. The van der Waals surface area contributed by atoms with E-state index in [0.29, 0.717) is 23.0 Å². The molecule has 1 amide bonds. The minimum absolute atomic E-state index is 0.192. The molecular formula is C8H12ClN3O. The summed E-state index contributed by atoms with van der Waals surface area (Å²) in [6, 6.07) is 0. The Labute approximate surface area is 81.9 Å². The Bertz CT molecular complexity index is 332. The lowest BCUT2D eigenvalue weighted by atomic mass is 10.2. The molecule has 1 N–H and O–H groups in total. The van der Waals surface area contributed by atoms with Crippen LogP contribution in [0.15, 0.2) is 0 Å². The van der Waals surface area contributed by atoms with E-state index in [1.165, 1.54) is 0 Å². The Kier molecular flexibility index (Phi) is 2.93. The summed E-state index contributed by atoms with van der Waals surface area (Å²) in [5.41, 5.74) is 1.12. The third-order valence-electron chi connectivity index (χ3n) is 1.82. The van der Waals surface area contributed by atoms with E-state index in [0.717, 1.165) is 0 Å². The first kappa shape index (κ1) is 10.1. The maximum absolute atomic E-state index is 11.3. The molecule has 0 unspecified atom stereocenters. The van der Waals surface area contributed by atoms with Gasteiger partial charge in [0.1, 0.15) is 5.15 Å². The van der Waals surface area contributed by atoms with Gasteiger partial charge >= 0.3 is 0 Å². The van der Waals surface area contributed by atoms with Gasteiger partial charge in [-0.25, -0.2) is 0 Å². The second-order valence-electron chi connectivity index (χ2n) is 2.65. The molecular weight excluding hydrogens is 190 g/mol. The Balaban J connectivity index is 3.20. The van der Waals surface area contributed by atoms with Crippen molar-refractivity contribution in [2.75, 3.05) is 7.05 Å². The maximum Gasteiger partial charge on any atom is 0.256 e. The van der Waals surface area contributed by atoms with Gasteiger partial charge in [0.25, 0.3) is 5.91 Å². The molecule has 0 atom stereocenters. The highest BCUT2D eigenvalue weighted by molar-refractivity contribution is 6.33. The molecule has 1 aromatic rings. The number of hydrogen-bond donors (Lipinski definition) is 1. The number of carbonyl (C=O) groups is 1. The van der Waals surface area contributed by atoms with Crippen LogP contribution in [0.3, 0.4) is 0 Å². The van der Waals surface area contributed by atoms with E-state index in [2.05, 4.69) is 10.4 Å². The summed E-state index contributed by atoms with van der Waals surface area (Å²) in [6.45, 7) is 4.35. The molecule has 0 aromatic carbocycles. The van der Waals surface area contributed by atoms with Gasteiger partial charge in [-0.15, -0.1) is 0 Å². The number of hydrogen-bond acceptors (Lipinski definition) is 2. The monoisotopic (exact) mass is 201 g/mol. The number of rotatable bonds is 2. The van der Waals surface area contributed by atoms with E-state index < -0.39 is 0 Å². The molecule has 0 bridgehead atoms. The van der Waals surface area contributed by atoms with E-state index in [-0.39, 0.29) is 5.91 Å². The zero-order valence-electron chi connectivity index (χ0n) is 7.89. The molecule has 0 spiro atoms. The van der Waals surface area contributed by atoms with E-state index in [1.54, 1.807) is 18.7 Å².